The third-order valence-corrected chi connectivity index (χ3v) is 2.50. The molecule has 1 aromatic carbocycles. The Morgan fingerprint density at radius 3 is 2.65 bits per heavy atom. The molecule has 0 radical (unpaired) electrons. The van der Waals surface area contributed by atoms with E-state index in [1.165, 1.54) is 18.3 Å². The summed E-state index contributed by atoms with van der Waals surface area (Å²) in [5.74, 6) is 0.423. The fourth-order valence-corrected chi connectivity index (χ4v) is 1.39. The molecule has 1 N–H and O–H groups in total. The zero-order chi connectivity index (χ0) is 12.3. The SMILES string of the molecule is Cc1c(O)cncc1COc1ccc(F)cc1. The second-order valence-corrected chi connectivity index (χ2v) is 3.69. The zero-order valence-electron chi connectivity index (χ0n) is 9.35. The van der Waals surface area contributed by atoms with Crippen molar-refractivity contribution in [2.75, 3.05) is 0 Å². The van der Waals surface area contributed by atoms with Crippen LogP contribution >= 0.6 is 0 Å². The van der Waals surface area contributed by atoms with Crippen LogP contribution in [0.2, 0.25) is 0 Å². The number of ether oxygens (including phenoxy) is 1. The summed E-state index contributed by atoms with van der Waals surface area (Å²) >= 11 is 0. The van der Waals surface area contributed by atoms with Gasteiger partial charge in [-0.2, -0.15) is 0 Å². The van der Waals surface area contributed by atoms with E-state index in [0.29, 0.717) is 12.4 Å². The van der Waals surface area contributed by atoms with E-state index in [0.717, 1.165) is 11.1 Å². The molecule has 0 unspecified atom stereocenters. The lowest BCUT2D eigenvalue weighted by Crippen LogP contribution is -1.99. The van der Waals surface area contributed by atoms with Gasteiger partial charge in [-0.25, -0.2) is 4.39 Å². The van der Waals surface area contributed by atoms with Crippen molar-refractivity contribution in [1.82, 2.24) is 4.98 Å². The minimum Gasteiger partial charge on any atom is -0.506 e. The van der Waals surface area contributed by atoms with Gasteiger partial charge in [0.15, 0.2) is 0 Å². The Morgan fingerprint density at radius 1 is 1.24 bits per heavy atom. The van der Waals surface area contributed by atoms with E-state index in [2.05, 4.69) is 4.98 Å². The van der Waals surface area contributed by atoms with Gasteiger partial charge in [-0.1, -0.05) is 0 Å². The second-order valence-electron chi connectivity index (χ2n) is 3.69. The lowest BCUT2D eigenvalue weighted by atomic mass is 10.1. The molecule has 1 aromatic heterocycles. The Balaban J connectivity index is 2.07. The quantitative estimate of drug-likeness (QED) is 0.886. The van der Waals surface area contributed by atoms with E-state index in [-0.39, 0.29) is 11.6 Å². The summed E-state index contributed by atoms with van der Waals surface area (Å²) in [6.45, 7) is 2.08. The van der Waals surface area contributed by atoms with Crippen LogP contribution in [-0.4, -0.2) is 10.1 Å². The van der Waals surface area contributed by atoms with Crippen molar-refractivity contribution < 1.29 is 14.2 Å². The number of halogens is 1. The molecule has 0 amide bonds. The van der Waals surface area contributed by atoms with E-state index >= 15 is 0 Å². The smallest absolute Gasteiger partial charge is 0.137 e. The molecule has 0 saturated heterocycles. The van der Waals surface area contributed by atoms with Crippen LogP contribution in [0.3, 0.4) is 0 Å². The van der Waals surface area contributed by atoms with Crippen LogP contribution in [0.4, 0.5) is 4.39 Å². The summed E-state index contributed by atoms with van der Waals surface area (Å²) in [5.41, 5.74) is 1.54. The number of hydrogen-bond acceptors (Lipinski definition) is 3. The molecule has 0 aliphatic carbocycles. The topological polar surface area (TPSA) is 42.4 Å². The van der Waals surface area contributed by atoms with E-state index in [1.807, 2.05) is 0 Å². The van der Waals surface area contributed by atoms with Gasteiger partial charge in [0, 0.05) is 17.3 Å². The molecule has 88 valence electrons. The number of aromatic nitrogens is 1. The number of pyridine rings is 1. The Labute approximate surface area is 98.5 Å². The van der Waals surface area contributed by atoms with Crippen molar-refractivity contribution in [2.45, 2.75) is 13.5 Å². The standard InChI is InChI=1S/C13H12FNO2/c1-9-10(6-15-7-13(9)16)8-17-12-4-2-11(14)3-5-12/h2-7,16H,8H2,1H3. The molecule has 2 aromatic rings. The molecule has 0 aliphatic rings. The Kier molecular flexibility index (Phi) is 3.23. The summed E-state index contributed by atoms with van der Waals surface area (Å²) in [6, 6.07) is 5.79. The summed E-state index contributed by atoms with van der Waals surface area (Å²) in [4.78, 5) is 3.88. The lowest BCUT2D eigenvalue weighted by molar-refractivity contribution is 0.303. The molecule has 0 bridgehead atoms. The highest BCUT2D eigenvalue weighted by atomic mass is 19.1. The number of benzene rings is 1. The second kappa shape index (κ2) is 4.82. The molecule has 2 rings (SSSR count). The van der Waals surface area contributed by atoms with Gasteiger partial charge < -0.3 is 9.84 Å². The van der Waals surface area contributed by atoms with Crippen molar-refractivity contribution in [3.63, 3.8) is 0 Å². The van der Waals surface area contributed by atoms with Crippen molar-refractivity contribution in [1.29, 1.82) is 0 Å². The van der Waals surface area contributed by atoms with Gasteiger partial charge in [0.2, 0.25) is 0 Å². The van der Waals surface area contributed by atoms with Crippen LogP contribution in [0.1, 0.15) is 11.1 Å². The Bertz CT molecular complexity index is 511. The zero-order valence-corrected chi connectivity index (χ0v) is 9.35. The fourth-order valence-electron chi connectivity index (χ4n) is 1.39. The van der Waals surface area contributed by atoms with Crippen LogP contribution in [-0.2, 0) is 6.61 Å². The molecule has 1 heterocycles. The molecule has 0 saturated carbocycles. The first-order valence-electron chi connectivity index (χ1n) is 5.17. The number of hydrogen-bond donors (Lipinski definition) is 1. The first-order chi connectivity index (χ1) is 8.16. The van der Waals surface area contributed by atoms with Gasteiger partial charge in [-0.15, -0.1) is 0 Å². The molecule has 17 heavy (non-hydrogen) atoms. The molecular weight excluding hydrogens is 221 g/mol. The highest BCUT2D eigenvalue weighted by molar-refractivity contribution is 5.34. The first kappa shape index (κ1) is 11.4. The summed E-state index contributed by atoms with van der Waals surface area (Å²) < 4.78 is 18.1. The van der Waals surface area contributed by atoms with Gasteiger partial charge in [-0.3, -0.25) is 4.98 Å². The lowest BCUT2D eigenvalue weighted by Gasteiger charge is -2.09. The van der Waals surface area contributed by atoms with Crippen LogP contribution in [0, 0.1) is 12.7 Å². The normalized spacial score (nSPS) is 10.2. The average Bonchev–Trinajstić information content (AvgIpc) is 2.33. The highest BCUT2D eigenvalue weighted by Gasteiger charge is 2.04. The Hall–Kier alpha value is -2.10. The average molecular weight is 233 g/mol. The third kappa shape index (κ3) is 2.72. The Morgan fingerprint density at radius 2 is 1.94 bits per heavy atom. The maximum atomic E-state index is 12.7. The highest BCUT2D eigenvalue weighted by Crippen LogP contribution is 2.20. The number of aromatic hydroxyl groups is 1. The van der Waals surface area contributed by atoms with Gasteiger partial charge in [-0.05, 0) is 31.2 Å². The molecule has 0 atom stereocenters. The molecule has 0 fully saturated rings. The monoisotopic (exact) mass is 233 g/mol. The molecule has 3 nitrogen and oxygen atoms in total. The van der Waals surface area contributed by atoms with E-state index in [4.69, 9.17) is 4.74 Å². The van der Waals surface area contributed by atoms with Crippen molar-refractivity contribution in [2.24, 2.45) is 0 Å². The third-order valence-electron chi connectivity index (χ3n) is 2.50. The van der Waals surface area contributed by atoms with Crippen LogP contribution in [0.25, 0.3) is 0 Å². The van der Waals surface area contributed by atoms with Crippen LogP contribution in [0.15, 0.2) is 36.7 Å². The molecule has 0 aliphatic heterocycles. The summed E-state index contributed by atoms with van der Waals surface area (Å²) in [7, 11) is 0. The molecule has 4 heteroatoms. The number of rotatable bonds is 3. The van der Waals surface area contributed by atoms with Gasteiger partial charge in [0.25, 0.3) is 0 Å². The van der Waals surface area contributed by atoms with Crippen molar-refractivity contribution in [3.8, 4) is 11.5 Å². The minimum atomic E-state index is -0.299. The van der Waals surface area contributed by atoms with E-state index < -0.39 is 0 Å². The predicted octanol–water partition coefficient (Wildman–Crippen LogP) is 2.81. The summed E-state index contributed by atoms with van der Waals surface area (Å²) in [6.07, 6.45) is 3.02. The van der Waals surface area contributed by atoms with Crippen molar-refractivity contribution >= 4 is 0 Å². The van der Waals surface area contributed by atoms with Gasteiger partial charge in [0.05, 0.1) is 6.20 Å². The predicted molar refractivity (Wildman–Crippen MR) is 61.4 cm³/mol. The fraction of sp³-hybridized carbons (Fsp3) is 0.154. The van der Waals surface area contributed by atoms with Gasteiger partial charge >= 0.3 is 0 Å². The van der Waals surface area contributed by atoms with Crippen LogP contribution in [0.5, 0.6) is 11.5 Å². The molecular formula is C13H12FNO2. The van der Waals surface area contributed by atoms with Crippen LogP contribution < -0.4 is 4.74 Å². The molecule has 0 spiro atoms. The van der Waals surface area contributed by atoms with Crippen molar-refractivity contribution in [3.05, 3.63) is 53.6 Å². The van der Waals surface area contributed by atoms with E-state index in [9.17, 15) is 9.50 Å². The minimum absolute atomic E-state index is 0.144. The first-order valence-corrected chi connectivity index (χ1v) is 5.17. The summed E-state index contributed by atoms with van der Waals surface area (Å²) in [5, 5.41) is 9.47. The number of nitrogens with zero attached hydrogens (tertiary/aromatic N) is 1. The largest absolute Gasteiger partial charge is 0.506 e. The maximum Gasteiger partial charge on any atom is 0.137 e. The van der Waals surface area contributed by atoms with E-state index in [1.54, 1.807) is 25.3 Å². The van der Waals surface area contributed by atoms with Gasteiger partial charge in [0.1, 0.15) is 23.9 Å². The maximum absolute atomic E-state index is 12.7.